The molecule has 3 rings (SSSR count). The van der Waals surface area contributed by atoms with Gasteiger partial charge in [-0.2, -0.15) is 5.10 Å². The molecule has 112 valence electrons. The van der Waals surface area contributed by atoms with Crippen LogP contribution in [0.15, 0.2) is 24.7 Å². The van der Waals surface area contributed by atoms with Crippen LogP contribution >= 0.6 is 0 Å². The summed E-state index contributed by atoms with van der Waals surface area (Å²) < 4.78 is 28.3. The molecule has 1 fully saturated rings. The van der Waals surface area contributed by atoms with Crippen molar-refractivity contribution >= 4 is 5.69 Å². The van der Waals surface area contributed by atoms with Crippen molar-refractivity contribution in [1.29, 1.82) is 0 Å². The summed E-state index contributed by atoms with van der Waals surface area (Å²) >= 11 is 0. The Kier molecular flexibility index (Phi) is 3.39. The zero-order valence-corrected chi connectivity index (χ0v) is 11.9. The number of pyridine rings is 1. The van der Waals surface area contributed by atoms with Crippen molar-refractivity contribution in [2.75, 3.05) is 5.73 Å². The van der Waals surface area contributed by atoms with Crippen LogP contribution in [0.1, 0.15) is 42.9 Å². The Bertz CT molecular complexity index is 641. The number of halogens is 2. The van der Waals surface area contributed by atoms with E-state index in [2.05, 4.69) is 10.1 Å². The second-order valence-electron chi connectivity index (χ2n) is 5.72. The van der Waals surface area contributed by atoms with E-state index >= 15 is 0 Å². The lowest BCUT2D eigenvalue weighted by Gasteiger charge is -2.28. The molecule has 0 unspecified atom stereocenters. The molecule has 6 heteroatoms. The summed E-state index contributed by atoms with van der Waals surface area (Å²) in [6, 6.07) is 1.79. The van der Waals surface area contributed by atoms with Gasteiger partial charge in [0.1, 0.15) is 0 Å². The number of hydrogen-bond donors (Lipinski definition) is 1. The fourth-order valence-corrected chi connectivity index (χ4v) is 2.86. The summed E-state index contributed by atoms with van der Waals surface area (Å²) in [6.45, 7) is 1.95. The van der Waals surface area contributed by atoms with Crippen molar-refractivity contribution in [2.24, 2.45) is 0 Å². The first-order chi connectivity index (χ1) is 9.96. The van der Waals surface area contributed by atoms with Gasteiger partial charge in [0, 0.05) is 31.2 Å². The van der Waals surface area contributed by atoms with Crippen LogP contribution in [0.4, 0.5) is 14.5 Å². The normalized spacial score (nSPS) is 18.8. The highest BCUT2D eigenvalue weighted by Gasteiger charge is 2.36. The van der Waals surface area contributed by atoms with Crippen molar-refractivity contribution < 1.29 is 8.78 Å². The lowest BCUT2D eigenvalue weighted by atomic mass is 9.84. The maximum Gasteiger partial charge on any atom is 0.248 e. The zero-order chi connectivity index (χ0) is 15.0. The van der Waals surface area contributed by atoms with Gasteiger partial charge in [-0.1, -0.05) is 0 Å². The fraction of sp³-hybridized carbons (Fsp3) is 0.467. The number of aryl methyl sites for hydroxylation is 1. The number of nitrogen functional groups attached to an aromatic ring is 1. The molecule has 0 bridgehead atoms. The molecule has 0 aliphatic heterocycles. The van der Waals surface area contributed by atoms with Crippen molar-refractivity contribution in [3.8, 4) is 5.69 Å². The van der Waals surface area contributed by atoms with Gasteiger partial charge in [-0.3, -0.25) is 4.98 Å². The highest BCUT2D eigenvalue weighted by molar-refractivity contribution is 5.61. The molecule has 0 radical (unpaired) electrons. The maximum atomic E-state index is 13.3. The van der Waals surface area contributed by atoms with Crippen LogP contribution in [0.25, 0.3) is 5.69 Å². The zero-order valence-electron chi connectivity index (χ0n) is 11.9. The molecule has 2 heterocycles. The van der Waals surface area contributed by atoms with E-state index in [4.69, 9.17) is 5.73 Å². The molecular formula is C15H18F2N4. The smallest absolute Gasteiger partial charge is 0.248 e. The molecule has 0 spiro atoms. The lowest BCUT2D eigenvalue weighted by molar-refractivity contribution is -0.0384. The van der Waals surface area contributed by atoms with Gasteiger partial charge in [-0.25, -0.2) is 13.5 Å². The summed E-state index contributed by atoms with van der Waals surface area (Å²) in [5.41, 5.74) is 9.26. The van der Waals surface area contributed by atoms with Gasteiger partial charge in [-0.05, 0) is 31.4 Å². The van der Waals surface area contributed by atoms with Gasteiger partial charge >= 0.3 is 0 Å². The molecule has 0 atom stereocenters. The van der Waals surface area contributed by atoms with E-state index in [0.717, 1.165) is 16.9 Å². The summed E-state index contributed by atoms with van der Waals surface area (Å²) in [4.78, 5) is 4.33. The quantitative estimate of drug-likeness (QED) is 0.922. The van der Waals surface area contributed by atoms with E-state index in [0.29, 0.717) is 18.5 Å². The van der Waals surface area contributed by atoms with Crippen LogP contribution in [0, 0.1) is 6.92 Å². The Hall–Kier alpha value is -1.98. The molecule has 1 aliphatic carbocycles. The minimum Gasteiger partial charge on any atom is -0.395 e. The van der Waals surface area contributed by atoms with Crippen molar-refractivity contribution in [3.05, 3.63) is 35.9 Å². The third-order valence-corrected chi connectivity index (χ3v) is 4.06. The van der Waals surface area contributed by atoms with E-state index in [1.807, 2.05) is 13.1 Å². The fourth-order valence-electron chi connectivity index (χ4n) is 2.86. The van der Waals surface area contributed by atoms with Crippen LogP contribution in [0.3, 0.4) is 0 Å². The number of rotatable bonds is 2. The molecule has 4 nitrogen and oxygen atoms in total. The second-order valence-corrected chi connectivity index (χ2v) is 5.72. The number of anilines is 1. The van der Waals surface area contributed by atoms with E-state index in [9.17, 15) is 8.78 Å². The SMILES string of the molecule is Cc1cnn(-c2ccnc(C3CCC(F)(F)CC3)c2N)c1. The molecule has 0 amide bonds. The Labute approximate surface area is 122 Å². The van der Waals surface area contributed by atoms with Gasteiger partial charge < -0.3 is 5.73 Å². The van der Waals surface area contributed by atoms with Crippen LogP contribution < -0.4 is 5.73 Å². The molecule has 0 aromatic carbocycles. The number of aromatic nitrogens is 3. The molecule has 0 saturated heterocycles. The van der Waals surface area contributed by atoms with Crippen LogP contribution in [0.2, 0.25) is 0 Å². The maximum absolute atomic E-state index is 13.3. The molecule has 21 heavy (non-hydrogen) atoms. The van der Waals surface area contributed by atoms with E-state index in [1.54, 1.807) is 23.1 Å². The lowest BCUT2D eigenvalue weighted by Crippen LogP contribution is -2.24. The Balaban J connectivity index is 1.91. The minimum absolute atomic E-state index is 0.00114. The first kappa shape index (κ1) is 14.0. The molecular weight excluding hydrogens is 274 g/mol. The monoisotopic (exact) mass is 292 g/mol. The predicted molar refractivity (Wildman–Crippen MR) is 76.7 cm³/mol. The number of nitrogens with two attached hydrogens (primary N) is 1. The first-order valence-electron chi connectivity index (χ1n) is 7.10. The summed E-state index contributed by atoms with van der Waals surface area (Å²) in [7, 11) is 0. The van der Waals surface area contributed by atoms with Crippen LogP contribution in [-0.4, -0.2) is 20.7 Å². The topological polar surface area (TPSA) is 56.7 Å². The third-order valence-electron chi connectivity index (χ3n) is 4.06. The van der Waals surface area contributed by atoms with Crippen LogP contribution in [0.5, 0.6) is 0 Å². The van der Waals surface area contributed by atoms with Gasteiger partial charge in [0.15, 0.2) is 0 Å². The molecule has 2 N–H and O–H groups in total. The molecule has 2 aromatic heterocycles. The number of hydrogen-bond acceptors (Lipinski definition) is 3. The van der Waals surface area contributed by atoms with Crippen molar-refractivity contribution in [3.63, 3.8) is 0 Å². The number of alkyl halides is 2. The van der Waals surface area contributed by atoms with Gasteiger partial charge in [0.25, 0.3) is 0 Å². The third kappa shape index (κ3) is 2.75. The first-order valence-corrected chi connectivity index (χ1v) is 7.10. The Morgan fingerprint density at radius 1 is 1.33 bits per heavy atom. The Morgan fingerprint density at radius 2 is 2.05 bits per heavy atom. The predicted octanol–water partition coefficient (Wildman–Crippen LogP) is 3.45. The highest BCUT2D eigenvalue weighted by Crippen LogP contribution is 2.42. The molecule has 1 saturated carbocycles. The van der Waals surface area contributed by atoms with E-state index < -0.39 is 5.92 Å². The minimum atomic E-state index is -2.54. The molecule has 2 aromatic rings. The van der Waals surface area contributed by atoms with Crippen molar-refractivity contribution in [2.45, 2.75) is 44.4 Å². The average Bonchev–Trinajstić information content (AvgIpc) is 2.86. The molecule has 1 aliphatic rings. The number of nitrogens with zero attached hydrogens (tertiary/aromatic N) is 3. The van der Waals surface area contributed by atoms with Crippen molar-refractivity contribution in [1.82, 2.24) is 14.8 Å². The largest absolute Gasteiger partial charge is 0.395 e. The highest BCUT2D eigenvalue weighted by atomic mass is 19.3. The van der Waals surface area contributed by atoms with E-state index in [-0.39, 0.29) is 18.8 Å². The average molecular weight is 292 g/mol. The van der Waals surface area contributed by atoms with Gasteiger partial charge in [0.2, 0.25) is 5.92 Å². The van der Waals surface area contributed by atoms with Crippen LogP contribution in [-0.2, 0) is 0 Å². The second kappa shape index (κ2) is 5.09. The Morgan fingerprint density at radius 3 is 2.67 bits per heavy atom. The summed E-state index contributed by atoms with van der Waals surface area (Å²) in [6.07, 6.45) is 5.96. The standard InChI is InChI=1S/C15H18F2N4/c1-10-8-20-21(9-10)12-4-7-19-14(13(12)18)11-2-5-15(16,17)6-3-11/h4,7-9,11H,2-3,5-6,18H2,1H3. The van der Waals surface area contributed by atoms with Gasteiger partial charge in [0.05, 0.1) is 23.3 Å². The van der Waals surface area contributed by atoms with E-state index in [1.165, 1.54) is 0 Å². The summed E-state index contributed by atoms with van der Waals surface area (Å²) in [5.74, 6) is -2.54. The van der Waals surface area contributed by atoms with Gasteiger partial charge in [-0.15, -0.1) is 0 Å². The summed E-state index contributed by atoms with van der Waals surface area (Å²) in [5, 5.41) is 4.25.